The first kappa shape index (κ1) is 10.4. The van der Waals surface area contributed by atoms with E-state index in [0.29, 0.717) is 19.8 Å². The summed E-state index contributed by atoms with van der Waals surface area (Å²) < 4.78 is 39.9. The Morgan fingerprint density at radius 2 is 1.14 bits per heavy atom. The molecule has 44 valence electrons. The summed E-state index contributed by atoms with van der Waals surface area (Å²) >= 11 is 0.333. The van der Waals surface area contributed by atoms with Crippen LogP contribution in [0.15, 0.2) is 0 Å². The van der Waals surface area contributed by atoms with Gasteiger partial charge in [0.05, 0.1) is 0 Å². The van der Waals surface area contributed by atoms with Crippen LogP contribution < -0.4 is 0 Å². The molecule has 0 radical (unpaired) electrons. The number of rotatable bonds is 0. The van der Waals surface area contributed by atoms with Gasteiger partial charge in [-0.25, -0.2) is 0 Å². The van der Waals surface area contributed by atoms with Crippen molar-refractivity contribution < 1.29 is 40.7 Å². The SMILES string of the molecule is O=S(=O)(O)O.[O]=[W]. The number of hydrogen-bond acceptors (Lipinski definition) is 3. The van der Waals surface area contributed by atoms with E-state index in [2.05, 4.69) is 0 Å². The van der Waals surface area contributed by atoms with E-state index >= 15 is 0 Å². The molecule has 0 aromatic carbocycles. The van der Waals surface area contributed by atoms with Gasteiger partial charge in [0.15, 0.2) is 0 Å². The summed E-state index contributed by atoms with van der Waals surface area (Å²) in [5.41, 5.74) is 0. The molecule has 0 unspecified atom stereocenters. The first-order chi connectivity index (χ1) is 3.00. The Labute approximate surface area is 51.5 Å². The molecule has 0 fully saturated rings. The van der Waals surface area contributed by atoms with Gasteiger partial charge in [0.25, 0.3) is 0 Å². The maximum atomic E-state index is 8.74. The average molecular weight is 298 g/mol. The van der Waals surface area contributed by atoms with Crippen LogP contribution in [0.2, 0.25) is 0 Å². The zero-order valence-electron chi connectivity index (χ0n) is 2.94. The molecule has 7 heavy (non-hydrogen) atoms. The molecule has 0 atom stereocenters. The monoisotopic (exact) mass is 298 g/mol. The first-order valence-electron chi connectivity index (χ1n) is 0.865. The molecule has 0 spiro atoms. The standard InChI is InChI=1S/H2O4S.O.W/c1-5(2,3)4;;/h(H2,1,2,3,4);;. The second kappa shape index (κ2) is 4.52. The van der Waals surface area contributed by atoms with E-state index in [9.17, 15) is 0 Å². The average Bonchev–Trinajstić information content (AvgIpc) is 1.36. The van der Waals surface area contributed by atoms with Crippen molar-refractivity contribution in [2.75, 3.05) is 0 Å². The summed E-state index contributed by atoms with van der Waals surface area (Å²) in [5.74, 6) is 0. The van der Waals surface area contributed by atoms with Gasteiger partial charge in [-0.3, -0.25) is 9.11 Å². The molecule has 0 bridgehead atoms. The van der Waals surface area contributed by atoms with Gasteiger partial charge >= 0.3 is 33.6 Å². The van der Waals surface area contributed by atoms with Crippen molar-refractivity contribution in [3.8, 4) is 0 Å². The van der Waals surface area contributed by atoms with Gasteiger partial charge in [0.1, 0.15) is 0 Å². The van der Waals surface area contributed by atoms with Crippen LogP contribution in [0.5, 0.6) is 0 Å². The van der Waals surface area contributed by atoms with Crippen molar-refractivity contribution in [1.82, 2.24) is 0 Å². The van der Waals surface area contributed by atoms with Crippen molar-refractivity contribution in [2.45, 2.75) is 0 Å². The van der Waals surface area contributed by atoms with Crippen LogP contribution in [-0.2, 0) is 33.6 Å². The summed E-state index contributed by atoms with van der Waals surface area (Å²) in [6.45, 7) is 0. The molecule has 0 saturated heterocycles. The van der Waals surface area contributed by atoms with Crippen LogP contribution in [0.3, 0.4) is 0 Å². The molecule has 0 heterocycles. The van der Waals surface area contributed by atoms with Crippen LogP contribution in [0, 0.1) is 0 Å². The molecule has 0 saturated carbocycles. The molecule has 0 amide bonds. The van der Waals surface area contributed by atoms with Crippen molar-refractivity contribution in [1.29, 1.82) is 0 Å². The quantitative estimate of drug-likeness (QED) is 0.573. The van der Waals surface area contributed by atoms with E-state index in [1.165, 1.54) is 0 Å². The Morgan fingerprint density at radius 1 is 1.14 bits per heavy atom. The van der Waals surface area contributed by atoms with E-state index in [1.807, 2.05) is 0 Å². The second-order valence-electron chi connectivity index (χ2n) is 0.448. The predicted molar refractivity (Wildman–Crippen MR) is 14.9 cm³/mol. The Morgan fingerprint density at radius 3 is 1.14 bits per heavy atom. The van der Waals surface area contributed by atoms with Gasteiger partial charge < -0.3 is 0 Å². The van der Waals surface area contributed by atoms with Gasteiger partial charge in [0.2, 0.25) is 0 Å². The summed E-state index contributed by atoms with van der Waals surface area (Å²) in [4.78, 5) is 0. The maximum absolute atomic E-state index is 8.74. The van der Waals surface area contributed by atoms with Gasteiger partial charge in [-0.2, -0.15) is 8.42 Å². The summed E-state index contributed by atoms with van der Waals surface area (Å²) in [7, 11) is -4.67. The third-order valence-corrected chi connectivity index (χ3v) is 0. The summed E-state index contributed by atoms with van der Waals surface area (Å²) in [6, 6.07) is 0. The van der Waals surface area contributed by atoms with E-state index in [4.69, 9.17) is 20.9 Å². The first-order valence-corrected chi connectivity index (χ1v) is 3.46. The second-order valence-corrected chi connectivity index (χ2v) is 1.34. The zero-order chi connectivity index (χ0) is 6.50. The van der Waals surface area contributed by atoms with Gasteiger partial charge in [-0.15, -0.1) is 0 Å². The molecule has 0 aliphatic heterocycles. The van der Waals surface area contributed by atoms with Crippen molar-refractivity contribution in [2.24, 2.45) is 0 Å². The molecule has 7 heteroatoms. The van der Waals surface area contributed by atoms with Crippen molar-refractivity contribution >= 4 is 10.4 Å². The van der Waals surface area contributed by atoms with Crippen LogP contribution >= 0.6 is 0 Å². The fourth-order valence-electron chi connectivity index (χ4n) is 0. The van der Waals surface area contributed by atoms with Crippen LogP contribution in [0.4, 0.5) is 0 Å². The van der Waals surface area contributed by atoms with E-state index in [-0.39, 0.29) is 0 Å². The van der Waals surface area contributed by atoms with Gasteiger partial charge in [-0.1, -0.05) is 0 Å². The van der Waals surface area contributed by atoms with E-state index in [0.717, 1.165) is 0 Å². The molecular formula is H2O5SW. The molecule has 2 N–H and O–H groups in total. The molecule has 0 aliphatic rings. The van der Waals surface area contributed by atoms with Crippen molar-refractivity contribution in [3.05, 3.63) is 0 Å². The minimum absolute atomic E-state index is 0.333. The normalized spacial score (nSPS) is 8.86. The molecule has 0 aromatic heterocycles. The van der Waals surface area contributed by atoms with E-state index in [1.54, 1.807) is 0 Å². The molecule has 5 nitrogen and oxygen atoms in total. The molecule has 0 rings (SSSR count). The third-order valence-electron chi connectivity index (χ3n) is 0. The molecule has 0 aliphatic carbocycles. The Kier molecular flexibility index (Phi) is 6.68. The summed E-state index contributed by atoms with van der Waals surface area (Å²) in [5, 5.41) is 0. The molecular weight excluding hydrogens is 296 g/mol. The predicted octanol–water partition coefficient (Wildman–Crippen LogP) is -0.774. The van der Waals surface area contributed by atoms with E-state index < -0.39 is 10.4 Å². The Bertz CT molecular complexity index is 102. The number of hydrogen-bond donors (Lipinski definition) is 2. The zero-order valence-corrected chi connectivity index (χ0v) is 6.69. The summed E-state index contributed by atoms with van der Waals surface area (Å²) in [6.07, 6.45) is 0. The van der Waals surface area contributed by atoms with Crippen LogP contribution in [0.1, 0.15) is 0 Å². The van der Waals surface area contributed by atoms with Crippen LogP contribution in [0.25, 0.3) is 0 Å². The Hall–Kier alpha value is 0.358. The van der Waals surface area contributed by atoms with Gasteiger partial charge in [-0.05, 0) is 0 Å². The van der Waals surface area contributed by atoms with Gasteiger partial charge in [0, 0.05) is 0 Å². The fourth-order valence-corrected chi connectivity index (χ4v) is 0. The van der Waals surface area contributed by atoms with Crippen LogP contribution in [-0.4, -0.2) is 17.5 Å². The minimum atomic E-state index is -4.67. The fraction of sp³-hybridized carbons (Fsp3) is 0. The topological polar surface area (TPSA) is 91.7 Å². The molecule has 0 aromatic rings. The Balaban J connectivity index is 0. The third kappa shape index (κ3) is 941. The van der Waals surface area contributed by atoms with Crippen molar-refractivity contribution in [3.63, 3.8) is 0 Å².